The van der Waals surface area contributed by atoms with E-state index in [1.165, 1.54) is 0 Å². The summed E-state index contributed by atoms with van der Waals surface area (Å²) in [4.78, 5) is 0. The van der Waals surface area contributed by atoms with Gasteiger partial charge in [-0.15, -0.1) is 0 Å². The van der Waals surface area contributed by atoms with Crippen LogP contribution in [0, 0.1) is 5.92 Å². The zero-order chi connectivity index (χ0) is 13.5. The Morgan fingerprint density at radius 1 is 1.28 bits per heavy atom. The Morgan fingerprint density at radius 3 is 2.56 bits per heavy atom. The average molecular weight is 251 g/mol. The maximum Gasteiger partial charge on any atom is 0.122 e. The third-order valence-electron chi connectivity index (χ3n) is 2.85. The number of hydrogen-bond donors (Lipinski definition) is 1. The summed E-state index contributed by atoms with van der Waals surface area (Å²) in [7, 11) is 1.67. The van der Waals surface area contributed by atoms with Gasteiger partial charge in [-0.05, 0) is 42.5 Å². The van der Waals surface area contributed by atoms with Gasteiger partial charge in [-0.25, -0.2) is 0 Å². The van der Waals surface area contributed by atoms with Crippen LogP contribution in [0.4, 0.5) is 0 Å². The van der Waals surface area contributed by atoms with E-state index in [9.17, 15) is 0 Å². The van der Waals surface area contributed by atoms with Crippen LogP contribution < -0.4 is 15.2 Å². The zero-order valence-corrected chi connectivity index (χ0v) is 11.9. The molecule has 0 aromatic heterocycles. The lowest BCUT2D eigenvalue weighted by Crippen LogP contribution is -2.22. The first-order valence-corrected chi connectivity index (χ1v) is 6.62. The molecule has 0 aliphatic carbocycles. The molecule has 1 atom stereocenters. The predicted octanol–water partition coefficient (Wildman–Crippen LogP) is 3.01. The lowest BCUT2D eigenvalue weighted by atomic mass is 10.0. The van der Waals surface area contributed by atoms with Gasteiger partial charge >= 0.3 is 0 Å². The minimum atomic E-state index is 0.165. The normalized spacial score (nSPS) is 12.6. The molecule has 0 spiro atoms. The van der Waals surface area contributed by atoms with Gasteiger partial charge in [-0.3, -0.25) is 0 Å². The fraction of sp³-hybridized carbons (Fsp3) is 0.600. The Morgan fingerprint density at radius 2 is 2.00 bits per heavy atom. The topological polar surface area (TPSA) is 44.5 Å². The lowest BCUT2D eigenvalue weighted by molar-refractivity contribution is 0.267. The van der Waals surface area contributed by atoms with Crippen molar-refractivity contribution < 1.29 is 9.47 Å². The predicted molar refractivity (Wildman–Crippen MR) is 75.3 cm³/mol. The van der Waals surface area contributed by atoms with Gasteiger partial charge in [-0.1, -0.05) is 20.8 Å². The molecule has 3 nitrogen and oxygen atoms in total. The molecule has 102 valence electrons. The van der Waals surface area contributed by atoms with E-state index >= 15 is 0 Å². The molecule has 0 fully saturated rings. The number of nitrogens with two attached hydrogens (primary N) is 1. The minimum Gasteiger partial charge on any atom is -0.497 e. The highest BCUT2D eigenvalue weighted by Crippen LogP contribution is 2.26. The molecular formula is C15H25NO2. The summed E-state index contributed by atoms with van der Waals surface area (Å²) in [6.07, 6.45) is 1.78. The van der Waals surface area contributed by atoms with Gasteiger partial charge in [0.15, 0.2) is 0 Å². The van der Waals surface area contributed by atoms with E-state index in [1.807, 2.05) is 18.2 Å². The van der Waals surface area contributed by atoms with Crippen molar-refractivity contribution in [1.82, 2.24) is 0 Å². The standard InChI is InChI=1S/C15H25NO2/c1-5-13(16)8-12-9-14(17-4)6-7-15(12)18-10-11(2)3/h6-7,9,11,13H,5,8,10,16H2,1-4H3. The zero-order valence-electron chi connectivity index (χ0n) is 11.9. The smallest absolute Gasteiger partial charge is 0.122 e. The van der Waals surface area contributed by atoms with Crippen molar-refractivity contribution in [3.8, 4) is 11.5 Å². The van der Waals surface area contributed by atoms with E-state index < -0.39 is 0 Å². The lowest BCUT2D eigenvalue weighted by Gasteiger charge is -2.16. The number of rotatable bonds is 7. The molecular weight excluding hydrogens is 226 g/mol. The first-order chi connectivity index (χ1) is 8.56. The quantitative estimate of drug-likeness (QED) is 0.810. The fourth-order valence-electron chi connectivity index (χ4n) is 1.67. The van der Waals surface area contributed by atoms with Gasteiger partial charge in [0.05, 0.1) is 13.7 Å². The molecule has 1 unspecified atom stereocenters. The molecule has 3 heteroatoms. The highest BCUT2D eigenvalue weighted by Gasteiger charge is 2.10. The van der Waals surface area contributed by atoms with Crippen LogP contribution in [0.25, 0.3) is 0 Å². The molecule has 0 saturated heterocycles. The Bertz CT molecular complexity index is 364. The number of ether oxygens (including phenoxy) is 2. The van der Waals surface area contributed by atoms with Crippen LogP contribution in [0.2, 0.25) is 0 Å². The monoisotopic (exact) mass is 251 g/mol. The van der Waals surface area contributed by atoms with Gasteiger partial charge in [0.2, 0.25) is 0 Å². The second-order valence-electron chi connectivity index (χ2n) is 5.05. The molecule has 1 aromatic rings. The van der Waals surface area contributed by atoms with Crippen molar-refractivity contribution in [2.75, 3.05) is 13.7 Å². The summed E-state index contributed by atoms with van der Waals surface area (Å²) < 4.78 is 11.1. The first kappa shape index (κ1) is 14.8. The van der Waals surface area contributed by atoms with Gasteiger partial charge in [0.25, 0.3) is 0 Å². The van der Waals surface area contributed by atoms with E-state index in [2.05, 4.69) is 20.8 Å². The van der Waals surface area contributed by atoms with Crippen molar-refractivity contribution in [3.05, 3.63) is 23.8 Å². The highest BCUT2D eigenvalue weighted by molar-refractivity contribution is 5.40. The summed E-state index contributed by atoms with van der Waals surface area (Å²) >= 11 is 0. The van der Waals surface area contributed by atoms with Crippen molar-refractivity contribution in [1.29, 1.82) is 0 Å². The fourth-order valence-corrected chi connectivity index (χ4v) is 1.67. The molecule has 0 heterocycles. The summed E-state index contributed by atoms with van der Waals surface area (Å²) in [5.74, 6) is 2.29. The van der Waals surface area contributed by atoms with Crippen LogP contribution in [0.5, 0.6) is 11.5 Å². The Hall–Kier alpha value is -1.22. The summed E-state index contributed by atoms with van der Waals surface area (Å²) in [6, 6.07) is 6.08. The van der Waals surface area contributed by atoms with Gasteiger partial charge < -0.3 is 15.2 Å². The summed E-state index contributed by atoms with van der Waals surface area (Å²) in [6.45, 7) is 7.10. The van der Waals surface area contributed by atoms with Crippen LogP contribution in [0.3, 0.4) is 0 Å². The maximum atomic E-state index is 6.02. The highest BCUT2D eigenvalue weighted by atomic mass is 16.5. The van der Waals surface area contributed by atoms with E-state index in [1.54, 1.807) is 7.11 Å². The van der Waals surface area contributed by atoms with E-state index in [0.717, 1.165) is 36.5 Å². The van der Waals surface area contributed by atoms with Crippen molar-refractivity contribution in [3.63, 3.8) is 0 Å². The van der Waals surface area contributed by atoms with Crippen molar-refractivity contribution in [2.45, 2.75) is 39.7 Å². The molecule has 0 aliphatic rings. The number of hydrogen-bond acceptors (Lipinski definition) is 3. The molecule has 0 amide bonds. The molecule has 1 rings (SSSR count). The van der Waals surface area contributed by atoms with Gasteiger partial charge in [0, 0.05) is 6.04 Å². The third kappa shape index (κ3) is 4.57. The largest absolute Gasteiger partial charge is 0.497 e. The van der Waals surface area contributed by atoms with Gasteiger partial charge in [0.1, 0.15) is 11.5 Å². The van der Waals surface area contributed by atoms with E-state index in [4.69, 9.17) is 15.2 Å². The van der Waals surface area contributed by atoms with Gasteiger partial charge in [-0.2, -0.15) is 0 Å². The molecule has 2 N–H and O–H groups in total. The molecule has 0 radical (unpaired) electrons. The maximum absolute atomic E-state index is 6.02. The third-order valence-corrected chi connectivity index (χ3v) is 2.85. The molecule has 0 bridgehead atoms. The van der Waals surface area contributed by atoms with Crippen molar-refractivity contribution in [2.24, 2.45) is 11.7 Å². The van der Waals surface area contributed by atoms with Crippen LogP contribution in [0.1, 0.15) is 32.8 Å². The summed E-state index contributed by atoms with van der Waals surface area (Å²) in [5.41, 5.74) is 7.15. The van der Waals surface area contributed by atoms with Crippen LogP contribution in [-0.2, 0) is 6.42 Å². The Balaban J connectivity index is 2.85. The Labute approximate surface area is 110 Å². The van der Waals surface area contributed by atoms with E-state index in [-0.39, 0.29) is 6.04 Å². The van der Waals surface area contributed by atoms with E-state index in [0.29, 0.717) is 5.92 Å². The van der Waals surface area contributed by atoms with Crippen LogP contribution in [0.15, 0.2) is 18.2 Å². The van der Waals surface area contributed by atoms with Crippen LogP contribution in [-0.4, -0.2) is 19.8 Å². The number of benzene rings is 1. The van der Waals surface area contributed by atoms with Crippen molar-refractivity contribution >= 4 is 0 Å². The average Bonchev–Trinajstić information content (AvgIpc) is 2.36. The Kier molecular flexibility index (Phi) is 5.99. The molecule has 0 aliphatic heterocycles. The number of methoxy groups -OCH3 is 1. The second kappa shape index (κ2) is 7.27. The molecule has 0 saturated carbocycles. The SMILES string of the molecule is CCC(N)Cc1cc(OC)ccc1OCC(C)C. The van der Waals surface area contributed by atoms with Crippen LogP contribution >= 0.6 is 0 Å². The minimum absolute atomic E-state index is 0.165. The molecule has 18 heavy (non-hydrogen) atoms. The first-order valence-electron chi connectivity index (χ1n) is 6.62. The summed E-state index contributed by atoms with van der Waals surface area (Å²) in [5, 5.41) is 0. The molecule has 1 aromatic carbocycles. The second-order valence-corrected chi connectivity index (χ2v) is 5.05.